The number of hydrogen-bond acceptors (Lipinski definition) is 4. The fraction of sp³-hybridized carbons (Fsp3) is 0.600. The second kappa shape index (κ2) is 7.22. The molecule has 19 heavy (non-hydrogen) atoms. The number of piperidine rings is 1. The Morgan fingerprint density at radius 3 is 3.21 bits per heavy atom. The van der Waals surface area contributed by atoms with Gasteiger partial charge >= 0.3 is 0 Å². The lowest BCUT2D eigenvalue weighted by atomic mass is 9.98. The molecule has 1 N–H and O–H groups in total. The SMILES string of the molecule is CNCCC1CCCCN1Cc1ccnc(C#N)c1. The van der Waals surface area contributed by atoms with E-state index in [1.165, 1.54) is 37.8 Å². The van der Waals surface area contributed by atoms with Crippen LogP contribution in [0.1, 0.15) is 36.9 Å². The van der Waals surface area contributed by atoms with Crippen LogP contribution in [0.15, 0.2) is 18.3 Å². The third kappa shape index (κ3) is 4.02. The second-order valence-electron chi connectivity index (χ2n) is 5.17. The minimum atomic E-state index is 0.515. The van der Waals surface area contributed by atoms with Crippen LogP contribution in [-0.4, -0.2) is 36.1 Å². The van der Waals surface area contributed by atoms with E-state index in [9.17, 15) is 0 Å². The molecule has 0 amide bonds. The summed E-state index contributed by atoms with van der Waals surface area (Å²) in [4.78, 5) is 6.58. The Morgan fingerprint density at radius 2 is 2.42 bits per heavy atom. The quantitative estimate of drug-likeness (QED) is 0.876. The van der Waals surface area contributed by atoms with Gasteiger partial charge in [-0.3, -0.25) is 4.90 Å². The van der Waals surface area contributed by atoms with Gasteiger partial charge in [-0.25, -0.2) is 4.98 Å². The summed E-state index contributed by atoms with van der Waals surface area (Å²) >= 11 is 0. The topological polar surface area (TPSA) is 52.0 Å². The Bertz CT molecular complexity index is 438. The predicted octanol–water partition coefficient (Wildman–Crippen LogP) is 1.92. The van der Waals surface area contributed by atoms with E-state index in [2.05, 4.69) is 21.3 Å². The normalized spacial score (nSPS) is 20.1. The summed E-state index contributed by atoms with van der Waals surface area (Å²) < 4.78 is 0. The molecule has 0 saturated carbocycles. The summed E-state index contributed by atoms with van der Waals surface area (Å²) in [6.45, 7) is 3.17. The van der Waals surface area contributed by atoms with E-state index < -0.39 is 0 Å². The van der Waals surface area contributed by atoms with Crippen molar-refractivity contribution < 1.29 is 0 Å². The maximum absolute atomic E-state index is 8.90. The van der Waals surface area contributed by atoms with Crippen LogP contribution in [0.5, 0.6) is 0 Å². The van der Waals surface area contributed by atoms with Gasteiger partial charge in [-0.1, -0.05) is 6.42 Å². The first kappa shape index (κ1) is 14.0. The molecule has 1 saturated heterocycles. The lowest BCUT2D eigenvalue weighted by Crippen LogP contribution is -2.40. The molecule has 0 aliphatic carbocycles. The van der Waals surface area contributed by atoms with Crippen LogP contribution in [0.2, 0.25) is 0 Å². The molecule has 2 heterocycles. The van der Waals surface area contributed by atoms with Gasteiger partial charge in [0.15, 0.2) is 0 Å². The van der Waals surface area contributed by atoms with Crippen LogP contribution in [0.3, 0.4) is 0 Å². The number of hydrogen-bond donors (Lipinski definition) is 1. The molecule has 1 aromatic heterocycles. The van der Waals surface area contributed by atoms with Gasteiger partial charge < -0.3 is 5.32 Å². The number of rotatable bonds is 5. The number of nitriles is 1. The minimum Gasteiger partial charge on any atom is -0.320 e. The summed E-state index contributed by atoms with van der Waals surface area (Å²) in [7, 11) is 2.01. The Kier molecular flexibility index (Phi) is 5.31. The molecule has 0 aromatic carbocycles. The first-order valence-electron chi connectivity index (χ1n) is 7.07. The zero-order valence-corrected chi connectivity index (χ0v) is 11.6. The smallest absolute Gasteiger partial charge is 0.140 e. The maximum atomic E-state index is 8.90. The van der Waals surface area contributed by atoms with Gasteiger partial charge in [0.25, 0.3) is 0 Å². The molecule has 0 radical (unpaired) electrons. The Hall–Kier alpha value is -1.44. The maximum Gasteiger partial charge on any atom is 0.140 e. The van der Waals surface area contributed by atoms with E-state index in [0.717, 1.165) is 13.1 Å². The van der Waals surface area contributed by atoms with E-state index >= 15 is 0 Å². The van der Waals surface area contributed by atoms with Crippen molar-refractivity contribution >= 4 is 0 Å². The van der Waals surface area contributed by atoms with Crippen molar-refractivity contribution in [3.8, 4) is 6.07 Å². The summed E-state index contributed by atoms with van der Waals surface area (Å²) in [6.07, 6.45) is 6.85. The number of aromatic nitrogens is 1. The molecule has 102 valence electrons. The molecule has 4 heteroatoms. The molecule has 1 fully saturated rings. The van der Waals surface area contributed by atoms with Gasteiger partial charge in [-0.15, -0.1) is 0 Å². The van der Waals surface area contributed by atoms with Crippen molar-refractivity contribution in [2.75, 3.05) is 20.1 Å². The fourth-order valence-electron chi connectivity index (χ4n) is 2.77. The lowest BCUT2D eigenvalue weighted by molar-refractivity contribution is 0.132. The highest BCUT2D eigenvalue weighted by Gasteiger charge is 2.21. The molecule has 4 nitrogen and oxygen atoms in total. The average Bonchev–Trinajstić information content (AvgIpc) is 2.46. The van der Waals surface area contributed by atoms with Gasteiger partial charge in [-0.05, 0) is 57.1 Å². The zero-order valence-electron chi connectivity index (χ0n) is 11.6. The van der Waals surface area contributed by atoms with Gasteiger partial charge in [-0.2, -0.15) is 5.26 Å². The summed E-state index contributed by atoms with van der Waals surface area (Å²) in [6, 6.07) is 6.70. The van der Waals surface area contributed by atoms with E-state index in [-0.39, 0.29) is 0 Å². The molecular weight excluding hydrogens is 236 g/mol. The predicted molar refractivity (Wildman–Crippen MR) is 75.5 cm³/mol. The zero-order chi connectivity index (χ0) is 13.5. The van der Waals surface area contributed by atoms with Gasteiger partial charge in [0, 0.05) is 18.8 Å². The van der Waals surface area contributed by atoms with Crippen molar-refractivity contribution in [3.63, 3.8) is 0 Å². The van der Waals surface area contributed by atoms with E-state index in [0.29, 0.717) is 11.7 Å². The van der Waals surface area contributed by atoms with Gasteiger partial charge in [0.05, 0.1) is 0 Å². The van der Waals surface area contributed by atoms with Crippen LogP contribution >= 0.6 is 0 Å². The molecule has 1 aromatic rings. The van der Waals surface area contributed by atoms with Crippen LogP contribution in [0.25, 0.3) is 0 Å². The van der Waals surface area contributed by atoms with Gasteiger partial charge in [0.2, 0.25) is 0 Å². The van der Waals surface area contributed by atoms with E-state index in [4.69, 9.17) is 5.26 Å². The van der Waals surface area contributed by atoms with Crippen molar-refractivity contribution in [2.24, 2.45) is 0 Å². The van der Waals surface area contributed by atoms with Gasteiger partial charge in [0.1, 0.15) is 11.8 Å². The van der Waals surface area contributed by atoms with E-state index in [1.807, 2.05) is 19.2 Å². The Balaban J connectivity index is 2.00. The first-order valence-corrected chi connectivity index (χ1v) is 7.07. The highest BCUT2D eigenvalue weighted by Crippen LogP contribution is 2.21. The average molecular weight is 258 g/mol. The number of nitrogens with zero attached hydrogens (tertiary/aromatic N) is 3. The summed E-state index contributed by atoms with van der Waals surface area (Å²) in [5, 5.41) is 12.1. The van der Waals surface area contributed by atoms with Crippen molar-refractivity contribution in [1.29, 1.82) is 5.26 Å². The third-order valence-corrected chi connectivity index (χ3v) is 3.80. The minimum absolute atomic E-state index is 0.515. The van der Waals surface area contributed by atoms with Crippen molar-refractivity contribution in [2.45, 2.75) is 38.3 Å². The van der Waals surface area contributed by atoms with Crippen LogP contribution in [-0.2, 0) is 6.54 Å². The molecule has 1 aliphatic heterocycles. The van der Waals surface area contributed by atoms with E-state index in [1.54, 1.807) is 6.20 Å². The number of pyridine rings is 1. The monoisotopic (exact) mass is 258 g/mol. The number of likely N-dealkylation sites (tertiary alicyclic amines) is 1. The van der Waals surface area contributed by atoms with Crippen LogP contribution < -0.4 is 5.32 Å². The Morgan fingerprint density at radius 1 is 1.53 bits per heavy atom. The largest absolute Gasteiger partial charge is 0.320 e. The third-order valence-electron chi connectivity index (χ3n) is 3.80. The fourth-order valence-corrected chi connectivity index (χ4v) is 2.77. The molecule has 1 aliphatic rings. The van der Waals surface area contributed by atoms with Crippen LogP contribution in [0, 0.1) is 11.3 Å². The molecule has 2 rings (SSSR count). The van der Waals surface area contributed by atoms with Crippen LogP contribution in [0.4, 0.5) is 0 Å². The van der Waals surface area contributed by atoms with Crippen molar-refractivity contribution in [3.05, 3.63) is 29.6 Å². The molecule has 0 spiro atoms. The second-order valence-corrected chi connectivity index (χ2v) is 5.17. The molecule has 1 unspecified atom stereocenters. The highest BCUT2D eigenvalue weighted by atomic mass is 15.2. The lowest BCUT2D eigenvalue weighted by Gasteiger charge is -2.35. The standard InChI is InChI=1S/C15H22N4/c1-17-7-6-15-4-2-3-9-19(15)12-13-5-8-18-14(10-13)11-16/h5,8,10,15,17H,2-4,6-7,9,12H2,1H3. The number of nitrogens with one attached hydrogen (secondary N) is 1. The summed E-state index contributed by atoms with van der Waals surface area (Å²) in [5.41, 5.74) is 1.71. The first-order chi connectivity index (χ1) is 9.33. The molecule has 1 atom stereocenters. The van der Waals surface area contributed by atoms with Crippen molar-refractivity contribution in [1.82, 2.24) is 15.2 Å². The summed E-state index contributed by atoms with van der Waals surface area (Å²) in [5.74, 6) is 0. The molecular formula is C15H22N4. The molecule has 0 bridgehead atoms. The Labute approximate surface area is 115 Å². The highest BCUT2D eigenvalue weighted by molar-refractivity contribution is 5.25.